The average Bonchev–Trinajstić information content (AvgIpc) is 2.80. The lowest BCUT2D eigenvalue weighted by Gasteiger charge is -2.20. The molecule has 0 saturated heterocycles. The number of amides is 1. The Kier molecular flexibility index (Phi) is 2.87. The first kappa shape index (κ1) is 14.0. The number of fused-ring (bicyclic) bond motifs is 1. The van der Waals surface area contributed by atoms with Crippen LogP contribution in [-0.4, -0.2) is 19.1 Å². The van der Waals surface area contributed by atoms with E-state index >= 15 is 0 Å². The van der Waals surface area contributed by atoms with Crippen molar-refractivity contribution in [3.63, 3.8) is 0 Å². The van der Waals surface area contributed by atoms with Crippen LogP contribution >= 0.6 is 0 Å². The molecule has 3 rings (SSSR count). The number of nitrogen functional groups attached to an aromatic ring is 1. The van der Waals surface area contributed by atoms with Gasteiger partial charge in [0.05, 0.1) is 11.4 Å². The molecule has 0 spiro atoms. The summed E-state index contributed by atoms with van der Waals surface area (Å²) in [5.41, 5.74) is 7.07. The Labute approximate surface area is 124 Å². The minimum absolute atomic E-state index is 0.000333. The van der Waals surface area contributed by atoms with Gasteiger partial charge in [0.2, 0.25) is 5.91 Å². The number of hydrogen-bond donors (Lipinski definition) is 2. The van der Waals surface area contributed by atoms with Crippen molar-refractivity contribution in [1.82, 2.24) is 0 Å². The highest BCUT2D eigenvalue weighted by Gasteiger charge is 2.68. The van der Waals surface area contributed by atoms with Gasteiger partial charge in [-0.2, -0.15) is 0 Å². The van der Waals surface area contributed by atoms with Gasteiger partial charge in [-0.1, -0.05) is 27.7 Å². The smallest absolute Gasteiger partial charge is 0.228 e. The molecular weight excluding hydrogens is 268 g/mol. The predicted molar refractivity (Wildman–Crippen MR) is 81.5 cm³/mol. The molecule has 1 fully saturated rings. The fourth-order valence-electron chi connectivity index (χ4n) is 3.27. The van der Waals surface area contributed by atoms with E-state index in [1.54, 1.807) is 12.1 Å². The molecule has 5 heteroatoms. The first-order valence-corrected chi connectivity index (χ1v) is 7.25. The van der Waals surface area contributed by atoms with Crippen LogP contribution in [0.2, 0.25) is 0 Å². The molecule has 114 valence electrons. The Balaban J connectivity index is 1.81. The number of ether oxygens (including phenoxy) is 2. The summed E-state index contributed by atoms with van der Waals surface area (Å²) in [7, 11) is 0. The van der Waals surface area contributed by atoms with Gasteiger partial charge in [-0.15, -0.1) is 0 Å². The number of benzene rings is 1. The number of carbonyl (C=O) groups is 1. The highest BCUT2D eigenvalue weighted by Crippen LogP contribution is 2.68. The Morgan fingerprint density at radius 1 is 1.14 bits per heavy atom. The molecule has 0 atom stereocenters. The molecule has 1 aliphatic heterocycles. The summed E-state index contributed by atoms with van der Waals surface area (Å²) in [6, 6.07) is 3.44. The molecule has 1 saturated carbocycles. The molecule has 3 N–H and O–H groups in total. The zero-order valence-corrected chi connectivity index (χ0v) is 12.9. The van der Waals surface area contributed by atoms with Crippen molar-refractivity contribution < 1.29 is 14.3 Å². The number of anilines is 2. The first-order valence-electron chi connectivity index (χ1n) is 7.25. The second-order valence-corrected chi connectivity index (χ2v) is 6.95. The molecule has 1 amide bonds. The number of carbonyl (C=O) groups excluding carboxylic acids is 1. The molecule has 1 heterocycles. The van der Waals surface area contributed by atoms with Crippen molar-refractivity contribution in [2.24, 2.45) is 16.7 Å². The molecule has 0 radical (unpaired) electrons. The predicted octanol–water partition coefficient (Wildman–Crippen LogP) is 2.66. The largest absolute Gasteiger partial charge is 0.486 e. The SMILES string of the molecule is CC1(C)C(C(=O)Nc2cc3c(cc2N)OCCO3)C1(C)C. The van der Waals surface area contributed by atoms with Gasteiger partial charge in [-0.25, -0.2) is 0 Å². The maximum absolute atomic E-state index is 12.5. The van der Waals surface area contributed by atoms with Crippen LogP contribution in [0, 0.1) is 16.7 Å². The number of rotatable bonds is 2. The van der Waals surface area contributed by atoms with Crippen LogP contribution in [0.5, 0.6) is 11.5 Å². The summed E-state index contributed by atoms with van der Waals surface area (Å²) in [6.07, 6.45) is 0. The molecule has 5 nitrogen and oxygen atoms in total. The fourth-order valence-corrected chi connectivity index (χ4v) is 3.27. The van der Waals surface area contributed by atoms with Crippen molar-refractivity contribution in [3.8, 4) is 11.5 Å². The van der Waals surface area contributed by atoms with Gasteiger partial charge in [0.25, 0.3) is 0 Å². The van der Waals surface area contributed by atoms with Gasteiger partial charge in [0.15, 0.2) is 11.5 Å². The topological polar surface area (TPSA) is 73.6 Å². The van der Waals surface area contributed by atoms with E-state index in [-0.39, 0.29) is 22.7 Å². The Bertz CT molecular complexity index is 594. The number of nitrogens with one attached hydrogen (secondary N) is 1. The third kappa shape index (κ3) is 2.03. The molecule has 1 aromatic rings. The highest BCUT2D eigenvalue weighted by atomic mass is 16.6. The Morgan fingerprint density at radius 2 is 1.67 bits per heavy atom. The van der Waals surface area contributed by atoms with Crippen LogP contribution in [0.15, 0.2) is 12.1 Å². The lowest BCUT2D eigenvalue weighted by molar-refractivity contribution is -0.118. The number of nitrogens with two attached hydrogens (primary N) is 1. The lowest BCUT2D eigenvalue weighted by atomic mass is 10.0. The molecule has 1 aliphatic carbocycles. The second kappa shape index (κ2) is 4.29. The number of hydrogen-bond acceptors (Lipinski definition) is 4. The van der Waals surface area contributed by atoms with E-state index in [2.05, 4.69) is 33.0 Å². The second-order valence-electron chi connectivity index (χ2n) is 6.95. The van der Waals surface area contributed by atoms with Crippen LogP contribution in [0.1, 0.15) is 27.7 Å². The van der Waals surface area contributed by atoms with Gasteiger partial charge in [-0.05, 0) is 10.8 Å². The third-order valence-electron chi connectivity index (χ3n) is 5.26. The standard InChI is InChI=1S/C16H22N2O3/c1-15(2)13(16(15,3)4)14(19)18-10-8-12-11(7-9(10)17)20-5-6-21-12/h7-8,13H,5-6,17H2,1-4H3,(H,18,19). The van der Waals surface area contributed by atoms with Crippen LogP contribution in [-0.2, 0) is 4.79 Å². The van der Waals surface area contributed by atoms with E-state index in [0.29, 0.717) is 36.1 Å². The van der Waals surface area contributed by atoms with Crippen LogP contribution < -0.4 is 20.5 Å². The summed E-state index contributed by atoms with van der Waals surface area (Å²) in [5.74, 6) is 1.25. The summed E-state index contributed by atoms with van der Waals surface area (Å²) in [4.78, 5) is 12.5. The highest BCUT2D eigenvalue weighted by molar-refractivity contribution is 5.98. The van der Waals surface area contributed by atoms with E-state index in [4.69, 9.17) is 15.2 Å². The quantitative estimate of drug-likeness (QED) is 0.821. The van der Waals surface area contributed by atoms with Crippen molar-refractivity contribution in [2.75, 3.05) is 24.3 Å². The summed E-state index contributed by atoms with van der Waals surface area (Å²) in [6.45, 7) is 9.49. The summed E-state index contributed by atoms with van der Waals surface area (Å²) < 4.78 is 11.0. The van der Waals surface area contributed by atoms with E-state index < -0.39 is 0 Å². The van der Waals surface area contributed by atoms with Gasteiger partial charge in [-0.3, -0.25) is 4.79 Å². The zero-order valence-electron chi connectivity index (χ0n) is 12.9. The maximum Gasteiger partial charge on any atom is 0.228 e. The summed E-state index contributed by atoms with van der Waals surface area (Å²) in [5, 5.41) is 2.93. The van der Waals surface area contributed by atoms with Gasteiger partial charge in [0, 0.05) is 18.1 Å². The molecular formula is C16H22N2O3. The first-order chi connectivity index (χ1) is 9.75. The minimum Gasteiger partial charge on any atom is -0.486 e. The van der Waals surface area contributed by atoms with Gasteiger partial charge >= 0.3 is 0 Å². The molecule has 2 aliphatic rings. The molecule has 1 aromatic carbocycles. The maximum atomic E-state index is 12.5. The van der Waals surface area contributed by atoms with Crippen LogP contribution in [0.4, 0.5) is 11.4 Å². The minimum atomic E-state index is -0.0161. The molecule has 0 unspecified atom stereocenters. The van der Waals surface area contributed by atoms with Crippen molar-refractivity contribution in [1.29, 1.82) is 0 Å². The van der Waals surface area contributed by atoms with E-state index in [1.165, 1.54) is 0 Å². The van der Waals surface area contributed by atoms with Crippen LogP contribution in [0.25, 0.3) is 0 Å². The van der Waals surface area contributed by atoms with Crippen LogP contribution in [0.3, 0.4) is 0 Å². The van der Waals surface area contributed by atoms with Gasteiger partial charge in [0.1, 0.15) is 13.2 Å². The fraction of sp³-hybridized carbons (Fsp3) is 0.562. The Morgan fingerprint density at radius 3 is 2.19 bits per heavy atom. The van der Waals surface area contributed by atoms with Gasteiger partial charge < -0.3 is 20.5 Å². The van der Waals surface area contributed by atoms with Crippen molar-refractivity contribution in [3.05, 3.63) is 12.1 Å². The monoisotopic (exact) mass is 290 g/mol. The molecule has 0 aromatic heterocycles. The van der Waals surface area contributed by atoms with Crippen molar-refractivity contribution >= 4 is 17.3 Å². The third-order valence-corrected chi connectivity index (χ3v) is 5.26. The molecule has 0 bridgehead atoms. The Hall–Kier alpha value is -1.91. The van der Waals surface area contributed by atoms with Crippen molar-refractivity contribution in [2.45, 2.75) is 27.7 Å². The zero-order chi connectivity index (χ0) is 15.4. The van der Waals surface area contributed by atoms with E-state index in [0.717, 1.165) is 0 Å². The summed E-state index contributed by atoms with van der Waals surface area (Å²) >= 11 is 0. The van der Waals surface area contributed by atoms with E-state index in [1.807, 2.05) is 0 Å². The van der Waals surface area contributed by atoms with E-state index in [9.17, 15) is 4.79 Å². The normalized spacial score (nSPS) is 21.7. The lowest BCUT2D eigenvalue weighted by Crippen LogP contribution is -2.20. The molecule has 21 heavy (non-hydrogen) atoms. The average molecular weight is 290 g/mol.